The van der Waals surface area contributed by atoms with Crippen LogP contribution in [0.25, 0.3) is 0 Å². The first kappa shape index (κ1) is 16.2. The van der Waals surface area contributed by atoms with Crippen molar-refractivity contribution in [1.29, 1.82) is 0 Å². The molecular formula is C21H21ClN2O. The van der Waals surface area contributed by atoms with Crippen molar-refractivity contribution in [3.05, 3.63) is 76.3 Å². The molecule has 128 valence electrons. The van der Waals surface area contributed by atoms with Gasteiger partial charge in [0.1, 0.15) is 0 Å². The van der Waals surface area contributed by atoms with Crippen LogP contribution in [0.1, 0.15) is 46.8 Å². The van der Waals surface area contributed by atoms with Gasteiger partial charge in [-0.05, 0) is 60.7 Å². The van der Waals surface area contributed by atoms with E-state index >= 15 is 0 Å². The second kappa shape index (κ2) is 6.57. The fourth-order valence-electron chi connectivity index (χ4n) is 4.00. The Balaban J connectivity index is 1.71. The molecule has 0 radical (unpaired) electrons. The van der Waals surface area contributed by atoms with Gasteiger partial charge < -0.3 is 10.6 Å². The molecule has 1 heterocycles. The molecule has 0 unspecified atom stereocenters. The quantitative estimate of drug-likeness (QED) is 0.770. The maximum Gasteiger partial charge on any atom is 0.251 e. The van der Waals surface area contributed by atoms with Crippen molar-refractivity contribution in [3.8, 4) is 0 Å². The molecule has 1 amide bonds. The zero-order valence-corrected chi connectivity index (χ0v) is 14.9. The van der Waals surface area contributed by atoms with Crippen LogP contribution in [0.4, 0.5) is 5.69 Å². The minimum atomic E-state index is -0.0105. The van der Waals surface area contributed by atoms with E-state index in [1.165, 1.54) is 11.1 Å². The van der Waals surface area contributed by atoms with Crippen LogP contribution in [0, 0.1) is 5.92 Å². The summed E-state index contributed by atoms with van der Waals surface area (Å²) < 4.78 is 0. The summed E-state index contributed by atoms with van der Waals surface area (Å²) >= 11 is 6.05. The van der Waals surface area contributed by atoms with Gasteiger partial charge in [0.15, 0.2) is 0 Å². The van der Waals surface area contributed by atoms with E-state index in [-0.39, 0.29) is 11.9 Å². The van der Waals surface area contributed by atoms with Gasteiger partial charge in [0.2, 0.25) is 0 Å². The number of anilines is 1. The van der Waals surface area contributed by atoms with Crippen molar-refractivity contribution in [1.82, 2.24) is 5.32 Å². The molecule has 1 aliphatic heterocycles. The molecular weight excluding hydrogens is 332 g/mol. The molecule has 0 spiro atoms. The van der Waals surface area contributed by atoms with Crippen molar-refractivity contribution >= 4 is 23.2 Å². The Bertz CT molecular complexity index is 828. The smallest absolute Gasteiger partial charge is 0.251 e. The summed E-state index contributed by atoms with van der Waals surface area (Å²) in [4.78, 5) is 12.2. The monoisotopic (exact) mass is 352 g/mol. The molecule has 0 fully saturated rings. The average molecular weight is 353 g/mol. The van der Waals surface area contributed by atoms with Crippen LogP contribution in [0.2, 0.25) is 5.02 Å². The van der Waals surface area contributed by atoms with E-state index in [9.17, 15) is 4.79 Å². The fourth-order valence-corrected chi connectivity index (χ4v) is 4.12. The van der Waals surface area contributed by atoms with Gasteiger partial charge in [0.25, 0.3) is 5.91 Å². The summed E-state index contributed by atoms with van der Waals surface area (Å²) in [5, 5.41) is 7.32. The van der Waals surface area contributed by atoms with Gasteiger partial charge in [-0.15, -0.1) is 0 Å². The highest BCUT2D eigenvalue weighted by atomic mass is 35.5. The molecule has 0 saturated heterocycles. The second-order valence-electron chi connectivity index (χ2n) is 6.69. The van der Waals surface area contributed by atoms with E-state index in [1.807, 2.05) is 37.3 Å². The highest BCUT2D eigenvalue weighted by molar-refractivity contribution is 6.30. The van der Waals surface area contributed by atoms with Gasteiger partial charge in [-0.3, -0.25) is 4.79 Å². The van der Waals surface area contributed by atoms with Crippen LogP contribution in [-0.4, -0.2) is 12.5 Å². The predicted molar refractivity (Wildman–Crippen MR) is 102 cm³/mol. The summed E-state index contributed by atoms with van der Waals surface area (Å²) in [5.41, 5.74) is 4.31. The Morgan fingerprint density at radius 3 is 2.80 bits per heavy atom. The van der Waals surface area contributed by atoms with Crippen LogP contribution in [-0.2, 0) is 0 Å². The van der Waals surface area contributed by atoms with Crippen LogP contribution >= 0.6 is 11.6 Å². The zero-order chi connectivity index (χ0) is 17.4. The standard InChI is InChI=1S/C21H21ClN2O/c1-2-23-21(25)14-8-11-19-18(12-14)16-4-3-5-17(16)20(24-19)13-6-9-15(22)10-7-13/h3-4,6-12,16-17,20,24H,2,5H2,1H3,(H,23,25)/t16-,17-,20+/m1/s1. The number of carbonyl (C=O) groups is 1. The minimum absolute atomic E-state index is 0.0105. The number of benzene rings is 2. The van der Waals surface area contributed by atoms with E-state index < -0.39 is 0 Å². The highest BCUT2D eigenvalue weighted by Gasteiger charge is 2.38. The number of allylic oxidation sites excluding steroid dienone is 2. The lowest BCUT2D eigenvalue weighted by Gasteiger charge is -2.37. The first-order valence-corrected chi connectivity index (χ1v) is 9.16. The Morgan fingerprint density at radius 1 is 1.24 bits per heavy atom. The maximum atomic E-state index is 12.2. The molecule has 1 aliphatic carbocycles. The van der Waals surface area contributed by atoms with Gasteiger partial charge >= 0.3 is 0 Å². The molecule has 4 heteroatoms. The molecule has 2 N–H and O–H groups in total. The topological polar surface area (TPSA) is 41.1 Å². The van der Waals surface area contributed by atoms with Crippen molar-refractivity contribution in [2.75, 3.05) is 11.9 Å². The van der Waals surface area contributed by atoms with Crippen molar-refractivity contribution in [3.63, 3.8) is 0 Å². The lowest BCUT2D eigenvalue weighted by molar-refractivity contribution is 0.0955. The molecule has 3 atom stereocenters. The van der Waals surface area contributed by atoms with Gasteiger partial charge in [-0.1, -0.05) is 35.9 Å². The van der Waals surface area contributed by atoms with Gasteiger partial charge in [0, 0.05) is 28.7 Å². The van der Waals surface area contributed by atoms with Crippen molar-refractivity contribution < 1.29 is 4.79 Å². The summed E-state index contributed by atoms with van der Waals surface area (Å²) in [6, 6.07) is 14.3. The van der Waals surface area contributed by atoms with E-state index in [4.69, 9.17) is 11.6 Å². The van der Waals surface area contributed by atoms with E-state index in [1.54, 1.807) is 0 Å². The number of halogens is 1. The number of hydrogen-bond acceptors (Lipinski definition) is 2. The van der Waals surface area contributed by atoms with Gasteiger partial charge in [-0.25, -0.2) is 0 Å². The van der Waals surface area contributed by atoms with Crippen LogP contribution < -0.4 is 10.6 Å². The number of rotatable bonds is 3. The normalized spacial score (nSPS) is 23.5. The SMILES string of the molecule is CCNC(=O)c1ccc2c(c1)[C@@H]1C=CC[C@H]1[C@H](c1ccc(Cl)cc1)N2. The van der Waals surface area contributed by atoms with Crippen molar-refractivity contribution in [2.24, 2.45) is 5.92 Å². The molecule has 0 bridgehead atoms. The highest BCUT2D eigenvalue weighted by Crippen LogP contribution is 2.49. The fraction of sp³-hybridized carbons (Fsp3) is 0.286. The maximum absolute atomic E-state index is 12.2. The number of fused-ring (bicyclic) bond motifs is 3. The minimum Gasteiger partial charge on any atom is -0.378 e. The number of carbonyl (C=O) groups excluding carboxylic acids is 1. The third-order valence-corrected chi connectivity index (χ3v) is 5.44. The Labute approximate surface area is 153 Å². The molecule has 2 aromatic carbocycles. The Hall–Kier alpha value is -2.26. The first-order chi connectivity index (χ1) is 12.2. The number of amides is 1. The predicted octanol–water partition coefficient (Wildman–Crippen LogP) is 4.92. The number of hydrogen-bond donors (Lipinski definition) is 2. The molecule has 0 saturated carbocycles. The molecule has 2 aliphatic rings. The van der Waals surface area contributed by atoms with Crippen LogP contribution in [0.15, 0.2) is 54.6 Å². The first-order valence-electron chi connectivity index (χ1n) is 8.78. The van der Waals surface area contributed by atoms with Gasteiger partial charge in [-0.2, -0.15) is 0 Å². The summed E-state index contributed by atoms with van der Waals surface area (Å²) in [5.74, 6) is 0.785. The van der Waals surface area contributed by atoms with E-state index in [2.05, 4.69) is 34.9 Å². The lowest BCUT2D eigenvalue weighted by Crippen LogP contribution is -2.30. The summed E-state index contributed by atoms with van der Waals surface area (Å²) in [6.07, 6.45) is 5.58. The second-order valence-corrected chi connectivity index (χ2v) is 7.12. The third-order valence-electron chi connectivity index (χ3n) is 5.19. The van der Waals surface area contributed by atoms with Crippen LogP contribution in [0.5, 0.6) is 0 Å². The summed E-state index contributed by atoms with van der Waals surface area (Å²) in [7, 11) is 0. The van der Waals surface area contributed by atoms with E-state index in [0.717, 1.165) is 22.7 Å². The Kier molecular flexibility index (Phi) is 4.26. The Morgan fingerprint density at radius 2 is 2.04 bits per heavy atom. The average Bonchev–Trinajstić information content (AvgIpc) is 3.11. The molecule has 4 rings (SSSR count). The number of nitrogens with one attached hydrogen (secondary N) is 2. The van der Waals surface area contributed by atoms with Crippen molar-refractivity contribution in [2.45, 2.75) is 25.3 Å². The zero-order valence-electron chi connectivity index (χ0n) is 14.1. The van der Waals surface area contributed by atoms with Crippen LogP contribution in [0.3, 0.4) is 0 Å². The van der Waals surface area contributed by atoms with E-state index in [0.29, 0.717) is 18.4 Å². The molecule has 25 heavy (non-hydrogen) atoms. The summed E-state index contributed by atoms with van der Waals surface area (Å²) in [6.45, 7) is 2.57. The molecule has 3 nitrogen and oxygen atoms in total. The lowest BCUT2D eigenvalue weighted by atomic mass is 9.76. The molecule has 0 aromatic heterocycles. The third kappa shape index (κ3) is 2.93. The largest absolute Gasteiger partial charge is 0.378 e. The van der Waals surface area contributed by atoms with Gasteiger partial charge in [0.05, 0.1) is 6.04 Å². The molecule has 2 aromatic rings.